The number of aryl methyl sites for hydroxylation is 3. The summed E-state index contributed by atoms with van der Waals surface area (Å²) in [6.45, 7) is 21.3. The summed E-state index contributed by atoms with van der Waals surface area (Å²) >= 11 is 0. The molecule has 0 saturated heterocycles. The van der Waals surface area contributed by atoms with Gasteiger partial charge >= 0.3 is 0 Å². The first-order chi connectivity index (χ1) is 16.4. The van der Waals surface area contributed by atoms with E-state index in [4.69, 9.17) is 0 Å². The van der Waals surface area contributed by atoms with Gasteiger partial charge in [-0.2, -0.15) is 0 Å². The zero-order chi connectivity index (χ0) is 25.5. The lowest BCUT2D eigenvalue weighted by atomic mass is 9.82. The van der Waals surface area contributed by atoms with Gasteiger partial charge in [-0.25, -0.2) is 0 Å². The van der Waals surface area contributed by atoms with E-state index in [0.29, 0.717) is 9.52 Å². The minimum absolute atomic E-state index is 0.0309. The maximum Gasteiger partial charge on any atom is 0.0992 e. The van der Waals surface area contributed by atoms with E-state index in [9.17, 15) is 0 Å². The van der Waals surface area contributed by atoms with Crippen molar-refractivity contribution >= 4 is 33.5 Å². The SMILES string of the molecule is CC1=C(C)C(Cc2c(C)cccc2C)([Si]c2cc(C)cc([Si](C)(C)C)c2)C(c2ccccc2)=C1C. The summed E-state index contributed by atoms with van der Waals surface area (Å²) in [6.07, 6.45) is 1.05. The highest BCUT2D eigenvalue weighted by Crippen LogP contribution is 2.58. The third-order valence-corrected chi connectivity index (χ3v) is 11.8. The van der Waals surface area contributed by atoms with Gasteiger partial charge in [-0.1, -0.05) is 108 Å². The summed E-state index contributed by atoms with van der Waals surface area (Å²) in [6, 6.07) is 25.4. The summed E-state index contributed by atoms with van der Waals surface area (Å²) < 4.78 is 0. The molecule has 0 aliphatic heterocycles. The van der Waals surface area contributed by atoms with Gasteiger partial charge in [0.25, 0.3) is 0 Å². The molecule has 2 heteroatoms. The van der Waals surface area contributed by atoms with E-state index in [1.54, 1.807) is 10.8 Å². The Morgan fingerprint density at radius 1 is 0.714 bits per heavy atom. The Bertz CT molecular complexity index is 1300. The molecule has 0 bridgehead atoms. The van der Waals surface area contributed by atoms with Gasteiger partial charge in [0.05, 0.1) is 17.6 Å². The van der Waals surface area contributed by atoms with Crippen LogP contribution in [0.25, 0.3) is 5.57 Å². The molecule has 1 atom stereocenters. The van der Waals surface area contributed by atoms with Crippen LogP contribution in [0.4, 0.5) is 0 Å². The molecule has 1 aliphatic carbocycles. The molecule has 35 heavy (non-hydrogen) atoms. The number of allylic oxidation sites excluding steroid dienone is 4. The van der Waals surface area contributed by atoms with E-state index in [0.717, 1.165) is 6.42 Å². The zero-order valence-electron chi connectivity index (χ0n) is 23.1. The highest BCUT2D eigenvalue weighted by molar-refractivity contribution is 6.89. The molecule has 0 aromatic heterocycles. The lowest BCUT2D eigenvalue weighted by Gasteiger charge is -2.37. The average molecular weight is 493 g/mol. The van der Waals surface area contributed by atoms with Gasteiger partial charge in [-0.3, -0.25) is 0 Å². The van der Waals surface area contributed by atoms with Crippen molar-refractivity contribution in [1.82, 2.24) is 0 Å². The van der Waals surface area contributed by atoms with Crippen LogP contribution in [0.3, 0.4) is 0 Å². The van der Waals surface area contributed by atoms with E-state index >= 15 is 0 Å². The quantitative estimate of drug-likeness (QED) is 0.309. The fourth-order valence-electron chi connectivity index (χ4n) is 5.71. The third-order valence-electron chi connectivity index (χ3n) is 8.02. The molecule has 3 aromatic carbocycles. The molecular formula is C33H40Si2. The Labute approximate surface area is 217 Å². The molecule has 0 amide bonds. The molecule has 0 N–H and O–H groups in total. The first kappa shape index (κ1) is 25.7. The molecule has 1 unspecified atom stereocenters. The molecular weight excluding hydrogens is 453 g/mol. The fourth-order valence-corrected chi connectivity index (χ4v) is 9.22. The minimum atomic E-state index is -1.41. The number of benzene rings is 3. The highest BCUT2D eigenvalue weighted by Gasteiger charge is 2.44. The van der Waals surface area contributed by atoms with Crippen LogP contribution < -0.4 is 10.4 Å². The van der Waals surface area contributed by atoms with E-state index in [-0.39, 0.29) is 5.04 Å². The van der Waals surface area contributed by atoms with Gasteiger partial charge in [-0.15, -0.1) is 0 Å². The van der Waals surface area contributed by atoms with Crippen molar-refractivity contribution in [2.45, 2.75) is 72.6 Å². The number of rotatable bonds is 6. The van der Waals surface area contributed by atoms with E-state index < -0.39 is 8.07 Å². The molecule has 2 radical (unpaired) electrons. The predicted octanol–water partition coefficient (Wildman–Crippen LogP) is 7.71. The molecule has 0 spiro atoms. The zero-order valence-corrected chi connectivity index (χ0v) is 25.1. The molecule has 1 aliphatic rings. The van der Waals surface area contributed by atoms with Crippen LogP contribution in [0, 0.1) is 20.8 Å². The second-order valence-electron chi connectivity index (χ2n) is 11.5. The van der Waals surface area contributed by atoms with Crippen LogP contribution >= 0.6 is 0 Å². The maximum atomic E-state index is 2.54. The van der Waals surface area contributed by atoms with Crippen LogP contribution in [0.2, 0.25) is 24.7 Å². The highest BCUT2D eigenvalue weighted by atomic mass is 28.3. The summed E-state index contributed by atoms with van der Waals surface area (Å²) in [5, 5.41) is 3.04. The fraction of sp³-hybridized carbons (Fsp3) is 0.333. The second-order valence-corrected chi connectivity index (χ2v) is 18.3. The summed E-state index contributed by atoms with van der Waals surface area (Å²) in [5.41, 5.74) is 13.1. The van der Waals surface area contributed by atoms with Crippen molar-refractivity contribution < 1.29 is 0 Å². The van der Waals surface area contributed by atoms with Crippen LogP contribution in [0.5, 0.6) is 0 Å². The summed E-state index contributed by atoms with van der Waals surface area (Å²) in [4.78, 5) is 0. The van der Waals surface area contributed by atoms with Gasteiger partial charge in [0.1, 0.15) is 0 Å². The van der Waals surface area contributed by atoms with Crippen molar-refractivity contribution in [1.29, 1.82) is 0 Å². The third kappa shape index (κ3) is 4.84. The first-order valence-electron chi connectivity index (χ1n) is 12.8. The summed E-state index contributed by atoms with van der Waals surface area (Å²) in [7, 11) is -0.730. The van der Waals surface area contributed by atoms with Crippen LogP contribution in [0.15, 0.2) is 83.4 Å². The van der Waals surface area contributed by atoms with Gasteiger partial charge < -0.3 is 0 Å². The van der Waals surface area contributed by atoms with E-state index in [1.807, 2.05) is 0 Å². The van der Waals surface area contributed by atoms with Crippen molar-refractivity contribution in [3.8, 4) is 0 Å². The summed E-state index contributed by atoms with van der Waals surface area (Å²) in [5.74, 6) is 0. The van der Waals surface area contributed by atoms with Crippen molar-refractivity contribution in [2.24, 2.45) is 0 Å². The van der Waals surface area contributed by atoms with E-state index in [1.165, 1.54) is 49.7 Å². The predicted molar refractivity (Wildman–Crippen MR) is 159 cm³/mol. The topological polar surface area (TPSA) is 0 Å². The lowest BCUT2D eigenvalue weighted by Crippen LogP contribution is -2.42. The molecule has 0 saturated carbocycles. The van der Waals surface area contributed by atoms with Crippen LogP contribution in [-0.2, 0) is 6.42 Å². The van der Waals surface area contributed by atoms with E-state index in [2.05, 4.69) is 128 Å². The van der Waals surface area contributed by atoms with Gasteiger partial charge in [0.2, 0.25) is 0 Å². The molecule has 0 fully saturated rings. The monoisotopic (exact) mass is 492 g/mol. The Hall–Kier alpha value is -2.43. The van der Waals surface area contributed by atoms with Crippen molar-refractivity contribution in [3.63, 3.8) is 0 Å². The van der Waals surface area contributed by atoms with Gasteiger partial charge in [0.15, 0.2) is 0 Å². The van der Waals surface area contributed by atoms with Crippen LogP contribution in [0.1, 0.15) is 48.6 Å². The Morgan fingerprint density at radius 2 is 1.34 bits per heavy atom. The smallest absolute Gasteiger partial charge is 0.0656 e. The minimum Gasteiger partial charge on any atom is -0.0656 e. The second kappa shape index (κ2) is 9.56. The number of hydrogen-bond acceptors (Lipinski definition) is 0. The maximum absolute atomic E-state index is 2.54. The molecule has 3 aromatic rings. The first-order valence-corrected chi connectivity index (χ1v) is 17.3. The molecule has 4 rings (SSSR count). The normalized spacial score (nSPS) is 18.5. The molecule has 0 nitrogen and oxygen atoms in total. The average Bonchev–Trinajstić information content (AvgIpc) is 2.97. The number of hydrogen-bond donors (Lipinski definition) is 0. The Morgan fingerprint density at radius 3 is 1.94 bits per heavy atom. The molecule has 0 heterocycles. The standard InChI is InChI=1S/C33H40Si2/c1-22-18-29(20-30(19-22)35(7,8)9)34-33(21-31-23(2)14-13-15-24(31)3)27(6)25(4)26(5)32(33)28-16-11-10-12-17-28/h10-20H,21H2,1-9H3. The molecule has 180 valence electrons. The van der Waals surface area contributed by atoms with Crippen molar-refractivity contribution in [2.75, 3.05) is 0 Å². The Kier molecular flexibility index (Phi) is 7.01. The Balaban J connectivity index is 1.98. The van der Waals surface area contributed by atoms with Gasteiger partial charge in [-0.05, 0) is 86.9 Å². The largest absolute Gasteiger partial charge is 0.0992 e. The van der Waals surface area contributed by atoms with Gasteiger partial charge in [0, 0.05) is 5.04 Å². The van der Waals surface area contributed by atoms with Crippen LogP contribution in [-0.4, -0.2) is 17.6 Å². The lowest BCUT2D eigenvalue weighted by molar-refractivity contribution is 0.787. The van der Waals surface area contributed by atoms with Crippen molar-refractivity contribution in [3.05, 3.63) is 111 Å².